The van der Waals surface area contributed by atoms with Crippen LogP contribution in [0.4, 0.5) is 4.39 Å². The van der Waals surface area contributed by atoms with Crippen LogP contribution in [0, 0.1) is 11.2 Å². The molecule has 1 aliphatic heterocycles. The number of pyridine rings is 1. The molecule has 1 saturated heterocycles. The molecule has 6 rings (SSSR count). The van der Waals surface area contributed by atoms with Gasteiger partial charge in [0.15, 0.2) is 5.78 Å². The van der Waals surface area contributed by atoms with Gasteiger partial charge in [0, 0.05) is 32.0 Å². The number of Topliss-reactive ketones (excluding diaryl/α,β-unsaturated/α-hetero) is 1. The van der Waals surface area contributed by atoms with Crippen molar-refractivity contribution < 1.29 is 17.6 Å². The van der Waals surface area contributed by atoms with Crippen molar-refractivity contribution in [3.63, 3.8) is 0 Å². The van der Waals surface area contributed by atoms with Gasteiger partial charge in [-0.15, -0.1) is 0 Å². The first kappa shape index (κ1) is 25.3. The van der Waals surface area contributed by atoms with Crippen LogP contribution in [0.5, 0.6) is 0 Å². The molecule has 0 spiro atoms. The van der Waals surface area contributed by atoms with Gasteiger partial charge in [-0.05, 0) is 67.3 Å². The molecule has 0 radical (unpaired) electrons. The third kappa shape index (κ3) is 4.31. The molecule has 3 aromatic heterocycles. The number of piperidine rings is 1. The number of aromatic nitrogens is 5. The Morgan fingerprint density at radius 1 is 1.10 bits per heavy atom. The molecule has 1 fully saturated rings. The Labute approximate surface area is 225 Å². The average molecular weight is 547 g/mol. The highest BCUT2D eigenvalue weighted by Crippen LogP contribution is 2.47. The van der Waals surface area contributed by atoms with E-state index < -0.39 is 15.4 Å². The molecule has 0 N–H and O–H groups in total. The van der Waals surface area contributed by atoms with Crippen molar-refractivity contribution in [2.24, 2.45) is 5.41 Å². The van der Waals surface area contributed by atoms with Crippen molar-refractivity contribution in [1.29, 1.82) is 0 Å². The minimum absolute atomic E-state index is 0.0172. The first-order valence-corrected chi connectivity index (χ1v) is 14.3. The van der Waals surface area contributed by atoms with Crippen LogP contribution in [0.2, 0.25) is 0 Å². The van der Waals surface area contributed by atoms with Crippen LogP contribution in [0.15, 0.2) is 77.7 Å². The smallest absolute Gasteiger partial charge is 0.246 e. The topological polar surface area (TPSA) is 103 Å². The van der Waals surface area contributed by atoms with Crippen LogP contribution in [0.1, 0.15) is 41.5 Å². The van der Waals surface area contributed by atoms with Crippen molar-refractivity contribution in [1.82, 2.24) is 28.9 Å². The molecule has 1 atom stereocenters. The second kappa shape index (κ2) is 9.65. The molecule has 0 saturated carbocycles. The van der Waals surface area contributed by atoms with Gasteiger partial charge in [0.2, 0.25) is 10.0 Å². The van der Waals surface area contributed by atoms with Crippen molar-refractivity contribution in [2.45, 2.75) is 37.6 Å². The number of benzene rings is 1. The summed E-state index contributed by atoms with van der Waals surface area (Å²) >= 11 is 0. The standard InChI is InChI=1S/C28H27FN6O3S/c1-2-12-33-18-24(17-31-33)39(37,38)34-13-10-21-14-26-20(16-32-35(26)23-8-6-22(29)7-9-23)15-28(21,19-34)27(36)25-5-3-4-11-30-25/h3-9,11,14,16-18H,2,10,12-13,15,19H2,1H3. The summed E-state index contributed by atoms with van der Waals surface area (Å²) in [4.78, 5) is 18.6. The molecule has 11 heteroatoms. The first-order chi connectivity index (χ1) is 18.8. The molecule has 2 aliphatic rings. The van der Waals surface area contributed by atoms with E-state index in [9.17, 15) is 17.6 Å². The van der Waals surface area contributed by atoms with E-state index >= 15 is 0 Å². The molecule has 1 unspecified atom stereocenters. The number of aryl methyl sites for hydroxylation is 1. The summed E-state index contributed by atoms with van der Waals surface area (Å²) in [6.07, 6.45) is 9.59. The largest absolute Gasteiger partial charge is 0.291 e. The zero-order chi connectivity index (χ0) is 27.2. The Morgan fingerprint density at radius 2 is 1.92 bits per heavy atom. The van der Waals surface area contributed by atoms with Gasteiger partial charge in [-0.2, -0.15) is 14.5 Å². The Morgan fingerprint density at radius 3 is 2.67 bits per heavy atom. The maximum absolute atomic E-state index is 14.2. The van der Waals surface area contributed by atoms with E-state index in [4.69, 9.17) is 0 Å². The van der Waals surface area contributed by atoms with Crippen molar-refractivity contribution in [3.05, 3.63) is 95.6 Å². The van der Waals surface area contributed by atoms with Gasteiger partial charge in [0.1, 0.15) is 16.4 Å². The Bertz CT molecular complexity index is 1680. The zero-order valence-electron chi connectivity index (χ0n) is 21.4. The lowest BCUT2D eigenvalue weighted by Crippen LogP contribution is -2.53. The number of rotatable bonds is 7. The Balaban J connectivity index is 1.42. The highest BCUT2D eigenvalue weighted by atomic mass is 32.2. The summed E-state index contributed by atoms with van der Waals surface area (Å²) in [5, 5.41) is 8.74. The zero-order valence-corrected chi connectivity index (χ0v) is 22.2. The van der Waals surface area contributed by atoms with E-state index in [1.165, 1.54) is 22.6 Å². The van der Waals surface area contributed by atoms with Crippen LogP contribution in [-0.4, -0.2) is 56.1 Å². The minimum atomic E-state index is -3.89. The maximum Gasteiger partial charge on any atom is 0.246 e. The number of halogens is 1. The fourth-order valence-corrected chi connectivity index (χ4v) is 6.98. The van der Waals surface area contributed by atoms with E-state index in [0.29, 0.717) is 18.7 Å². The molecule has 9 nitrogen and oxygen atoms in total. The van der Waals surface area contributed by atoms with Crippen molar-refractivity contribution in [3.8, 4) is 5.69 Å². The predicted molar refractivity (Wildman–Crippen MR) is 142 cm³/mol. The number of hydrogen-bond acceptors (Lipinski definition) is 6. The summed E-state index contributed by atoms with van der Waals surface area (Å²) in [5.41, 5.74) is 2.29. The lowest BCUT2D eigenvalue weighted by atomic mass is 9.65. The van der Waals surface area contributed by atoms with Crippen LogP contribution in [-0.2, 0) is 23.0 Å². The van der Waals surface area contributed by atoms with Crippen molar-refractivity contribution in [2.75, 3.05) is 13.1 Å². The van der Waals surface area contributed by atoms with Crippen LogP contribution >= 0.6 is 0 Å². The molecule has 1 aromatic carbocycles. The number of fused-ring (bicyclic) bond motifs is 2. The quantitative estimate of drug-likeness (QED) is 0.326. The normalized spacial score (nSPS) is 19.3. The molecule has 200 valence electrons. The molecule has 1 aliphatic carbocycles. The summed E-state index contributed by atoms with van der Waals surface area (Å²) < 4.78 is 45.7. The maximum atomic E-state index is 14.2. The molecule has 39 heavy (non-hydrogen) atoms. The van der Waals surface area contributed by atoms with Crippen molar-refractivity contribution >= 4 is 21.9 Å². The number of hydrogen-bond donors (Lipinski definition) is 0. The first-order valence-electron chi connectivity index (χ1n) is 12.8. The van der Waals surface area contributed by atoms with E-state index in [0.717, 1.165) is 23.3 Å². The number of nitrogens with zero attached hydrogens (tertiary/aromatic N) is 6. The minimum Gasteiger partial charge on any atom is -0.291 e. The molecule has 4 aromatic rings. The Kier molecular flexibility index (Phi) is 6.27. The van der Waals surface area contributed by atoms with Gasteiger partial charge in [0.25, 0.3) is 0 Å². The van der Waals surface area contributed by atoms with Gasteiger partial charge < -0.3 is 0 Å². The van der Waals surface area contributed by atoms with Crippen LogP contribution in [0.25, 0.3) is 11.8 Å². The average Bonchev–Trinajstić information content (AvgIpc) is 3.59. The molecular weight excluding hydrogens is 519 g/mol. The molecule has 0 amide bonds. The van der Waals surface area contributed by atoms with E-state index in [-0.39, 0.29) is 41.7 Å². The van der Waals surface area contributed by atoms with Crippen LogP contribution < -0.4 is 0 Å². The molecule has 0 bridgehead atoms. The summed E-state index contributed by atoms with van der Waals surface area (Å²) in [5.74, 6) is -0.567. The van der Waals surface area contributed by atoms with Crippen LogP contribution in [0.3, 0.4) is 0 Å². The van der Waals surface area contributed by atoms with E-state index in [2.05, 4.69) is 15.2 Å². The monoisotopic (exact) mass is 546 g/mol. The second-order valence-corrected chi connectivity index (χ2v) is 11.9. The second-order valence-electron chi connectivity index (χ2n) is 9.94. The lowest BCUT2D eigenvalue weighted by molar-refractivity contribution is 0.0770. The third-order valence-electron chi connectivity index (χ3n) is 7.48. The predicted octanol–water partition coefficient (Wildman–Crippen LogP) is 3.92. The van der Waals surface area contributed by atoms with Gasteiger partial charge >= 0.3 is 0 Å². The fraction of sp³-hybridized carbons (Fsp3) is 0.286. The van der Waals surface area contributed by atoms with E-state index in [1.807, 2.05) is 13.0 Å². The summed E-state index contributed by atoms with van der Waals surface area (Å²) in [6, 6.07) is 11.2. The van der Waals surface area contributed by atoms with Gasteiger partial charge in [-0.3, -0.25) is 14.5 Å². The third-order valence-corrected chi connectivity index (χ3v) is 9.28. The van der Waals surface area contributed by atoms with Gasteiger partial charge in [-0.25, -0.2) is 17.5 Å². The summed E-state index contributed by atoms with van der Waals surface area (Å²) in [7, 11) is -3.89. The summed E-state index contributed by atoms with van der Waals surface area (Å²) in [6.45, 7) is 2.82. The number of carbonyl (C=O) groups excluding carboxylic acids is 1. The van der Waals surface area contributed by atoms with E-state index in [1.54, 1.807) is 58.3 Å². The highest BCUT2D eigenvalue weighted by molar-refractivity contribution is 7.89. The van der Waals surface area contributed by atoms with Gasteiger partial charge in [-0.1, -0.05) is 18.6 Å². The number of carbonyl (C=O) groups is 1. The number of sulfonamides is 1. The Hall–Kier alpha value is -3.96. The van der Waals surface area contributed by atoms with Gasteiger partial charge in [0.05, 0.1) is 29.2 Å². The highest BCUT2D eigenvalue weighted by Gasteiger charge is 2.51. The molecular formula is C28H27FN6O3S. The lowest BCUT2D eigenvalue weighted by Gasteiger charge is -2.44. The fourth-order valence-electron chi connectivity index (χ4n) is 5.53. The molecule has 4 heterocycles. The number of ketones is 1. The SMILES string of the molecule is CCCn1cc(S(=O)(=O)N2CCC3=Cc4c(cnn4-c4ccc(F)cc4)CC3(C(=O)c3ccccn3)C2)cn1.